The molecule has 2 aromatic rings. The number of carbonyl (C=O) groups is 1. The van der Waals surface area contributed by atoms with Gasteiger partial charge in [-0.3, -0.25) is 14.6 Å². The Labute approximate surface area is 167 Å². The van der Waals surface area contributed by atoms with Crippen molar-refractivity contribution in [3.05, 3.63) is 51.2 Å². The summed E-state index contributed by atoms with van der Waals surface area (Å²) >= 11 is 5.30. The van der Waals surface area contributed by atoms with E-state index in [1.54, 1.807) is 36.1 Å². The smallest absolute Gasteiger partial charge is 0.252 e. The van der Waals surface area contributed by atoms with Crippen molar-refractivity contribution in [3.63, 3.8) is 0 Å². The topological polar surface area (TPSA) is 97.4 Å². The lowest BCUT2D eigenvalue weighted by molar-refractivity contribution is -0.120. The van der Waals surface area contributed by atoms with Gasteiger partial charge >= 0.3 is 0 Å². The van der Waals surface area contributed by atoms with Crippen LogP contribution in [0, 0.1) is 4.77 Å². The predicted octanol–water partition coefficient (Wildman–Crippen LogP) is 1.58. The van der Waals surface area contributed by atoms with Crippen LogP contribution in [0.3, 0.4) is 0 Å². The number of carbonyl (C=O) groups excluding carboxylic acids is 1. The van der Waals surface area contributed by atoms with Crippen LogP contribution < -0.4 is 25.7 Å². The van der Waals surface area contributed by atoms with Crippen molar-refractivity contribution in [2.75, 3.05) is 27.3 Å². The van der Waals surface area contributed by atoms with Gasteiger partial charge in [0.2, 0.25) is 5.91 Å². The maximum atomic E-state index is 12.5. The Kier molecular flexibility index (Phi) is 6.27. The number of hydrogen-bond acceptors (Lipinski definition) is 6. The molecule has 0 atom stereocenters. The lowest BCUT2D eigenvalue weighted by atomic mass is 10.1. The molecule has 148 valence electrons. The van der Waals surface area contributed by atoms with Gasteiger partial charge in [-0.25, -0.2) is 0 Å². The van der Waals surface area contributed by atoms with Crippen LogP contribution in [0.5, 0.6) is 11.5 Å². The van der Waals surface area contributed by atoms with Gasteiger partial charge in [-0.05, 0) is 42.9 Å². The summed E-state index contributed by atoms with van der Waals surface area (Å²) in [5.74, 6) is 0.883. The number of benzene rings is 1. The highest BCUT2D eigenvalue weighted by Crippen LogP contribution is 2.32. The van der Waals surface area contributed by atoms with Gasteiger partial charge in [0, 0.05) is 30.4 Å². The number of aromatic amines is 1. The Bertz CT molecular complexity index is 1020. The molecule has 1 aromatic heterocycles. The summed E-state index contributed by atoms with van der Waals surface area (Å²) in [6.45, 7) is 1.64. The van der Waals surface area contributed by atoms with Crippen LogP contribution in [0.15, 0.2) is 40.8 Å². The summed E-state index contributed by atoms with van der Waals surface area (Å²) in [5, 5.41) is 6.00. The van der Waals surface area contributed by atoms with E-state index < -0.39 is 0 Å². The second-order valence-corrected chi connectivity index (χ2v) is 6.66. The Morgan fingerprint density at radius 1 is 1.32 bits per heavy atom. The Morgan fingerprint density at radius 3 is 2.82 bits per heavy atom. The second-order valence-electron chi connectivity index (χ2n) is 6.27. The zero-order chi connectivity index (χ0) is 20.1. The van der Waals surface area contributed by atoms with E-state index in [1.807, 2.05) is 0 Å². The molecule has 8 nitrogen and oxygen atoms in total. The number of methoxy groups -OCH3 is 2. The van der Waals surface area contributed by atoms with Gasteiger partial charge in [-0.2, -0.15) is 0 Å². The van der Waals surface area contributed by atoms with Gasteiger partial charge in [0.1, 0.15) is 18.0 Å². The third-order valence-corrected chi connectivity index (χ3v) is 4.75. The average molecular weight is 402 g/mol. The van der Waals surface area contributed by atoms with Crippen LogP contribution in [0.25, 0.3) is 11.3 Å². The molecule has 2 heterocycles. The maximum Gasteiger partial charge on any atom is 0.252 e. The first kappa shape index (κ1) is 19.8. The Morgan fingerprint density at radius 2 is 2.14 bits per heavy atom. The van der Waals surface area contributed by atoms with Gasteiger partial charge in [0.05, 0.1) is 19.9 Å². The van der Waals surface area contributed by atoms with Crippen LogP contribution in [-0.4, -0.2) is 42.8 Å². The van der Waals surface area contributed by atoms with E-state index in [0.717, 1.165) is 25.1 Å². The highest BCUT2D eigenvalue weighted by atomic mass is 32.1. The van der Waals surface area contributed by atoms with E-state index >= 15 is 0 Å². The number of hydrogen-bond donors (Lipinski definition) is 3. The monoisotopic (exact) mass is 402 g/mol. The van der Waals surface area contributed by atoms with E-state index in [-0.39, 0.29) is 22.8 Å². The fourth-order valence-corrected chi connectivity index (χ4v) is 3.26. The molecule has 1 amide bonds. The van der Waals surface area contributed by atoms with Crippen molar-refractivity contribution < 1.29 is 14.3 Å². The predicted molar refractivity (Wildman–Crippen MR) is 108 cm³/mol. The van der Waals surface area contributed by atoms with Gasteiger partial charge in [-0.15, -0.1) is 0 Å². The standard InChI is InChI=1S/C19H22N4O4S/c1-26-13-3-4-14(16(7-13)27-2)15-8-17(24)22-19(28)23(15)11-18(25)21-10-12-5-6-20-9-12/h3-4,7-8,10,20H,5-6,9,11H2,1-2H3,(H,21,25)(H,22,24,28). The van der Waals surface area contributed by atoms with Gasteiger partial charge in [0.25, 0.3) is 5.56 Å². The number of amides is 1. The molecule has 0 spiro atoms. The van der Waals surface area contributed by atoms with Crippen molar-refractivity contribution in [1.82, 2.24) is 20.2 Å². The first-order chi connectivity index (χ1) is 13.5. The number of H-pyrrole nitrogens is 1. The highest BCUT2D eigenvalue weighted by Gasteiger charge is 2.15. The van der Waals surface area contributed by atoms with Crippen LogP contribution in [0.4, 0.5) is 0 Å². The molecule has 3 N–H and O–H groups in total. The first-order valence-electron chi connectivity index (χ1n) is 8.76. The molecule has 1 aromatic carbocycles. The Hall–Kier alpha value is -2.91. The number of rotatable bonds is 6. The van der Waals surface area contributed by atoms with Crippen LogP contribution in [0.2, 0.25) is 0 Å². The van der Waals surface area contributed by atoms with E-state index in [0.29, 0.717) is 22.8 Å². The van der Waals surface area contributed by atoms with E-state index in [1.165, 1.54) is 13.2 Å². The van der Waals surface area contributed by atoms with E-state index in [9.17, 15) is 9.59 Å². The first-order valence-corrected chi connectivity index (χ1v) is 9.17. The second kappa shape index (κ2) is 8.85. The summed E-state index contributed by atoms with van der Waals surface area (Å²) in [6.07, 6.45) is 2.64. The third-order valence-electron chi connectivity index (χ3n) is 4.43. The lowest BCUT2D eigenvalue weighted by Gasteiger charge is -2.16. The van der Waals surface area contributed by atoms with Crippen LogP contribution in [-0.2, 0) is 11.3 Å². The van der Waals surface area contributed by atoms with Gasteiger partial charge < -0.3 is 24.7 Å². The minimum atomic E-state index is -0.353. The van der Waals surface area contributed by atoms with Crippen LogP contribution >= 0.6 is 12.2 Å². The van der Waals surface area contributed by atoms with Crippen molar-refractivity contribution in [2.45, 2.75) is 13.0 Å². The molecular weight excluding hydrogens is 380 g/mol. The SMILES string of the molecule is COc1ccc(-c2cc(=O)[nH]c(=S)n2CC(=O)NC=C2CCNC2)c(OC)c1. The van der Waals surface area contributed by atoms with E-state index in [4.69, 9.17) is 21.7 Å². The van der Waals surface area contributed by atoms with Gasteiger partial charge in [-0.1, -0.05) is 0 Å². The molecule has 0 radical (unpaired) electrons. The number of nitrogens with one attached hydrogen (secondary N) is 3. The molecule has 1 saturated heterocycles. The van der Waals surface area contributed by atoms with Crippen molar-refractivity contribution in [3.8, 4) is 22.8 Å². The third kappa shape index (κ3) is 4.49. The molecule has 0 aliphatic carbocycles. The normalized spacial score (nSPS) is 14.9. The van der Waals surface area contributed by atoms with E-state index in [2.05, 4.69) is 15.6 Å². The summed E-state index contributed by atoms with van der Waals surface area (Å²) in [5.41, 5.74) is 1.90. The van der Waals surface area contributed by atoms with Crippen molar-refractivity contribution in [2.24, 2.45) is 0 Å². The summed E-state index contributed by atoms with van der Waals surface area (Å²) in [6, 6.07) is 6.63. The molecule has 1 aliphatic rings. The number of aromatic nitrogens is 2. The highest BCUT2D eigenvalue weighted by molar-refractivity contribution is 7.71. The number of ether oxygens (including phenoxy) is 2. The average Bonchev–Trinajstić information content (AvgIpc) is 3.21. The fraction of sp³-hybridized carbons (Fsp3) is 0.316. The minimum absolute atomic E-state index is 0.0443. The zero-order valence-electron chi connectivity index (χ0n) is 15.7. The lowest BCUT2D eigenvalue weighted by Crippen LogP contribution is -2.26. The number of nitrogens with zero attached hydrogens (tertiary/aromatic N) is 1. The summed E-state index contributed by atoms with van der Waals surface area (Å²) in [4.78, 5) is 27.0. The summed E-state index contributed by atoms with van der Waals surface area (Å²) in [7, 11) is 3.08. The molecule has 0 bridgehead atoms. The molecule has 28 heavy (non-hydrogen) atoms. The summed E-state index contributed by atoms with van der Waals surface area (Å²) < 4.78 is 12.4. The molecule has 9 heteroatoms. The molecule has 0 saturated carbocycles. The Balaban J connectivity index is 1.96. The van der Waals surface area contributed by atoms with Crippen LogP contribution in [0.1, 0.15) is 6.42 Å². The maximum absolute atomic E-state index is 12.5. The zero-order valence-corrected chi connectivity index (χ0v) is 16.5. The fourth-order valence-electron chi connectivity index (χ4n) is 2.99. The molecule has 0 unspecified atom stereocenters. The largest absolute Gasteiger partial charge is 0.497 e. The van der Waals surface area contributed by atoms with Gasteiger partial charge in [0.15, 0.2) is 4.77 Å². The molecular formula is C19H22N4O4S. The molecule has 1 fully saturated rings. The molecule has 3 rings (SSSR count). The minimum Gasteiger partial charge on any atom is -0.497 e. The quantitative estimate of drug-likeness (QED) is 0.635. The van der Waals surface area contributed by atoms with Crippen molar-refractivity contribution in [1.29, 1.82) is 0 Å². The molecule has 1 aliphatic heterocycles. The van der Waals surface area contributed by atoms with Crippen molar-refractivity contribution >= 4 is 18.1 Å².